The van der Waals surface area contributed by atoms with Crippen LogP contribution in [0.25, 0.3) is 0 Å². The number of nitrogens with one attached hydrogen (secondary N) is 2. The van der Waals surface area contributed by atoms with Crippen molar-refractivity contribution in [1.29, 1.82) is 0 Å². The van der Waals surface area contributed by atoms with Crippen LogP contribution < -0.4 is 10.6 Å². The number of rotatable bonds is 6. The first-order valence-corrected chi connectivity index (χ1v) is 7.75. The van der Waals surface area contributed by atoms with Gasteiger partial charge in [0.1, 0.15) is 0 Å². The summed E-state index contributed by atoms with van der Waals surface area (Å²) in [7, 11) is 0. The Morgan fingerprint density at radius 1 is 1.24 bits per heavy atom. The van der Waals surface area contributed by atoms with Gasteiger partial charge < -0.3 is 10.6 Å². The summed E-state index contributed by atoms with van der Waals surface area (Å²) < 4.78 is 0. The van der Waals surface area contributed by atoms with Crippen molar-refractivity contribution >= 4 is 0 Å². The number of hydrogen-bond acceptors (Lipinski definition) is 2. The molecule has 3 fully saturated rings. The zero-order chi connectivity index (χ0) is 11.7. The molecule has 2 unspecified atom stereocenters. The van der Waals surface area contributed by atoms with Crippen molar-refractivity contribution in [2.75, 3.05) is 13.1 Å². The molecular formula is C15H28N2. The van der Waals surface area contributed by atoms with Gasteiger partial charge in [-0.25, -0.2) is 0 Å². The molecule has 98 valence electrons. The summed E-state index contributed by atoms with van der Waals surface area (Å²) in [4.78, 5) is 0. The van der Waals surface area contributed by atoms with Crippen LogP contribution in [0.2, 0.25) is 0 Å². The number of piperidine rings is 1. The molecule has 17 heavy (non-hydrogen) atoms. The van der Waals surface area contributed by atoms with Gasteiger partial charge in [0.15, 0.2) is 0 Å². The Morgan fingerprint density at radius 3 is 2.65 bits per heavy atom. The van der Waals surface area contributed by atoms with E-state index in [4.69, 9.17) is 0 Å². The van der Waals surface area contributed by atoms with E-state index < -0.39 is 0 Å². The Bertz CT molecular complexity index is 250. The Labute approximate surface area is 106 Å². The molecule has 2 nitrogen and oxygen atoms in total. The predicted octanol–water partition coefficient (Wildman–Crippen LogP) is 2.69. The second kappa shape index (κ2) is 4.89. The summed E-state index contributed by atoms with van der Waals surface area (Å²) in [5.74, 6) is 1.09. The molecule has 2 atom stereocenters. The molecule has 1 aliphatic heterocycles. The van der Waals surface area contributed by atoms with Crippen LogP contribution in [0.5, 0.6) is 0 Å². The van der Waals surface area contributed by atoms with Gasteiger partial charge >= 0.3 is 0 Å². The fourth-order valence-corrected chi connectivity index (χ4v) is 3.60. The average Bonchev–Trinajstić information content (AvgIpc) is 3.20. The van der Waals surface area contributed by atoms with Gasteiger partial charge in [0.05, 0.1) is 0 Å². The van der Waals surface area contributed by atoms with Gasteiger partial charge in [0.2, 0.25) is 0 Å². The Balaban J connectivity index is 1.36. The molecule has 1 saturated heterocycles. The van der Waals surface area contributed by atoms with Crippen molar-refractivity contribution in [2.45, 2.75) is 70.4 Å². The van der Waals surface area contributed by atoms with Crippen LogP contribution in [0.15, 0.2) is 0 Å². The van der Waals surface area contributed by atoms with Crippen molar-refractivity contribution in [3.63, 3.8) is 0 Å². The van der Waals surface area contributed by atoms with E-state index in [2.05, 4.69) is 17.6 Å². The first kappa shape index (κ1) is 12.0. The smallest absolute Gasteiger partial charge is 0.00817 e. The maximum Gasteiger partial charge on any atom is 0.00817 e. The normalized spacial score (nSPS) is 33.4. The van der Waals surface area contributed by atoms with Crippen LogP contribution >= 0.6 is 0 Å². The third kappa shape index (κ3) is 3.03. The van der Waals surface area contributed by atoms with Crippen LogP contribution in [0.1, 0.15) is 58.3 Å². The Hall–Kier alpha value is -0.0800. The molecule has 1 heterocycles. The molecule has 2 N–H and O–H groups in total. The maximum atomic E-state index is 3.81. The molecule has 2 aliphatic carbocycles. The van der Waals surface area contributed by atoms with E-state index in [-0.39, 0.29) is 0 Å². The third-order valence-corrected chi connectivity index (χ3v) is 5.19. The Morgan fingerprint density at radius 2 is 2.06 bits per heavy atom. The average molecular weight is 236 g/mol. The SMILES string of the molecule is CC(CC1CCCCN1)NCC1(C2CC2)CC1. The van der Waals surface area contributed by atoms with Gasteiger partial charge in [-0.05, 0) is 69.7 Å². The van der Waals surface area contributed by atoms with Crippen molar-refractivity contribution < 1.29 is 0 Å². The van der Waals surface area contributed by atoms with E-state index in [0.29, 0.717) is 6.04 Å². The fourth-order valence-electron chi connectivity index (χ4n) is 3.60. The topological polar surface area (TPSA) is 24.1 Å². The van der Waals surface area contributed by atoms with E-state index in [1.54, 1.807) is 0 Å². The van der Waals surface area contributed by atoms with Gasteiger partial charge in [0, 0.05) is 18.6 Å². The van der Waals surface area contributed by atoms with E-state index in [1.165, 1.54) is 64.5 Å². The minimum absolute atomic E-state index is 0.696. The summed E-state index contributed by atoms with van der Waals surface area (Å²) in [6.07, 6.45) is 11.5. The van der Waals surface area contributed by atoms with Crippen molar-refractivity contribution in [3.8, 4) is 0 Å². The first-order chi connectivity index (χ1) is 8.28. The predicted molar refractivity (Wildman–Crippen MR) is 72.1 cm³/mol. The molecule has 2 saturated carbocycles. The highest BCUT2D eigenvalue weighted by molar-refractivity contribution is 5.05. The molecule has 2 heteroatoms. The molecule has 0 amide bonds. The third-order valence-electron chi connectivity index (χ3n) is 5.19. The molecule has 0 bridgehead atoms. The molecule has 0 radical (unpaired) electrons. The van der Waals surface area contributed by atoms with Crippen molar-refractivity contribution in [3.05, 3.63) is 0 Å². The summed E-state index contributed by atoms with van der Waals surface area (Å²) >= 11 is 0. The minimum Gasteiger partial charge on any atom is -0.314 e. The van der Waals surface area contributed by atoms with Gasteiger partial charge in [0.25, 0.3) is 0 Å². The summed E-state index contributed by atoms with van der Waals surface area (Å²) in [6.45, 7) is 4.91. The van der Waals surface area contributed by atoms with Crippen molar-refractivity contribution in [1.82, 2.24) is 10.6 Å². The van der Waals surface area contributed by atoms with Crippen LogP contribution in [-0.4, -0.2) is 25.2 Å². The lowest BCUT2D eigenvalue weighted by atomic mass is 9.97. The van der Waals surface area contributed by atoms with Crippen LogP contribution in [0.4, 0.5) is 0 Å². The van der Waals surface area contributed by atoms with Crippen LogP contribution in [0.3, 0.4) is 0 Å². The summed E-state index contributed by atoms with van der Waals surface area (Å²) in [5, 5.41) is 7.47. The highest BCUT2D eigenvalue weighted by Gasteiger charge is 2.53. The zero-order valence-corrected chi connectivity index (χ0v) is 11.3. The molecular weight excluding hydrogens is 208 g/mol. The summed E-state index contributed by atoms with van der Waals surface area (Å²) in [6, 6.07) is 1.48. The zero-order valence-electron chi connectivity index (χ0n) is 11.3. The highest BCUT2D eigenvalue weighted by Crippen LogP contribution is 2.60. The lowest BCUT2D eigenvalue weighted by molar-refractivity contribution is 0.320. The van der Waals surface area contributed by atoms with E-state index in [0.717, 1.165) is 17.4 Å². The standard InChI is InChI=1S/C15H28N2/c1-12(10-14-4-2-3-9-16-14)17-11-15(7-8-15)13-5-6-13/h12-14,16-17H,2-11H2,1H3. The monoisotopic (exact) mass is 236 g/mol. The van der Waals surface area contributed by atoms with E-state index in [1.807, 2.05) is 0 Å². The van der Waals surface area contributed by atoms with Gasteiger partial charge in [-0.3, -0.25) is 0 Å². The largest absolute Gasteiger partial charge is 0.314 e. The second-order valence-electron chi connectivity index (χ2n) is 6.80. The van der Waals surface area contributed by atoms with E-state index >= 15 is 0 Å². The molecule has 0 aromatic carbocycles. The number of hydrogen-bond donors (Lipinski definition) is 2. The van der Waals surface area contributed by atoms with Crippen LogP contribution in [0, 0.1) is 11.3 Å². The second-order valence-corrected chi connectivity index (χ2v) is 6.80. The maximum absolute atomic E-state index is 3.81. The molecule has 0 aromatic rings. The fraction of sp³-hybridized carbons (Fsp3) is 1.00. The van der Waals surface area contributed by atoms with E-state index in [9.17, 15) is 0 Å². The molecule has 3 rings (SSSR count). The minimum atomic E-state index is 0.696. The summed E-state index contributed by atoms with van der Waals surface area (Å²) in [5.41, 5.74) is 0.758. The van der Waals surface area contributed by atoms with Crippen LogP contribution in [-0.2, 0) is 0 Å². The lowest BCUT2D eigenvalue weighted by Crippen LogP contribution is -2.41. The van der Waals surface area contributed by atoms with Gasteiger partial charge in [-0.1, -0.05) is 6.42 Å². The van der Waals surface area contributed by atoms with Crippen molar-refractivity contribution in [2.24, 2.45) is 11.3 Å². The quantitative estimate of drug-likeness (QED) is 0.741. The molecule has 3 aliphatic rings. The molecule has 0 aromatic heterocycles. The Kier molecular flexibility index (Phi) is 3.45. The lowest BCUT2D eigenvalue weighted by Gasteiger charge is -2.27. The molecule has 0 spiro atoms. The van der Waals surface area contributed by atoms with Gasteiger partial charge in [-0.2, -0.15) is 0 Å². The highest BCUT2D eigenvalue weighted by atomic mass is 15.0. The first-order valence-electron chi connectivity index (χ1n) is 7.75. The van der Waals surface area contributed by atoms with Gasteiger partial charge in [-0.15, -0.1) is 0 Å².